The van der Waals surface area contributed by atoms with E-state index < -0.39 is 5.82 Å². The lowest BCUT2D eigenvalue weighted by Crippen LogP contribution is -2.05. The van der Waals surface area contributed by atoms with Gasteiger partial charge in [-0.05, 0) is 29.8 Å². The van der Waals surface area contributed by atoms with E-state index in [1.165, 1.54) is 6.07 Å². The maximum Gasteiger partial charge on any atom is 0.167 e. The third-order valence-electron chi connectivity index (χ3n) is 2.57. The van der Waals surface area contributed by atoms with Crippen molar-refractivity contribution in [2.24, 2.45) is 0 Å². The van der Waals surface area contributed by atoms with E-state index in [0.29, 0.717) is 11.1 Å². The van der Waals surface area contributed by atoms with Crippen molar-refractivity contribution in [3.63, 3.8) is 0 Å². The summed E-state index contributed by atoms with van der Waals surface area (Å²) in [6.07, 6.45) is -0.0186. The Kier molecular flexibility index (Phi) is 4.76. The van der Waals surface area contributed by atoms with Crippen molar-refractivity contribution in [3.8, 4) is 0 Å². The normalized spacial score (nSPS) is 10.5. The zero-order chi connectivity index (χ0) is 14.0. The largest absolute Gasteiger partial charge is 0.294 e. The molecule has 0 unspecified atom stereocenters. The van der Waals surface area contributed by atoms with Crippen LogP contribution in [0.25, 0.3) is 0 Å². The van der Waals surface area contributed by atoms with Gasteiger partial charge < -0.3 is 0 Å². The molecule has 19 heavy (non-hydrogen) atoms. The van der Waals surface area contributed by atoms with E-state index in [4.69, 9.17) is 11.6 Å². The first-order valence-corrected chi connectivity index (χ1v) is 7.36. The molecule has 0 aliphatic rings. The number of hydrogen-bond acceptors (Lipinski definition) is 1. The van der Waals surface area contributed by atoms with Gasteiger partial charge in [0.2, 0.25) is 0 Å². The Hall–Kier alpha value is -0.710. The van der Waals surface area contributed by atoms with Gasteiger partial charge in [0.15, 0.2) is 5.78 Å². The zero-order valence-electron chi connectivity index (χ0n) is 9.59. The number of benzene rings is 2. The molecule has 0 aliphatic carbocycles. The number of ketones is 1. The Morgan fingerprint density at radius 1 is 1.16 bits per heavy atom. The van der Waals surface area contributed by atoms with Crippen LogP contribution >= 0.6 is 43.5 Å². The van der Waals surface area contributed by atoms with Crippen molar-refractivity contribution in [2.75, 3.05) is 0 Å². The predicted molar refractivity (Wildman–Crippen MR) is 81.3 cm³/mol. The minimum Gasteiger partial charge on any atom is -0.294 e. The van der Waals surface area contributed by atoms with Gasteiger partial charge in [0.1, 0.15) is 5.82 Å². The molecule has 2 aromatic rings. The lowest BCUT2D eigenvalue weighted by atomic mass is 10.0. The summed E-state index contributed by atoms with van der Waals surface area (Å²) < 4.78 is 15.3. The molecule has 0 fully saturated rings. The van der Waals surface area contributed by atoms with E-state index in [2.05, 4.69) is 31.9 Å². The summed E-state index contributed by atoms with van der Waals surface area (Å²) in [7, 11) is 0. The Bertz CT molecular complexity index is 623. The van der Waals surface area contributed by atoms with Crippen LogP contribution in [0.4, 0.5) is 4.39 Å². The average molecular weight is 406 g/mol. The molecular formula is C14H8Br2ClFO. The summed E-state index contributed by atoms with van der Waals surface area (Å²) in [6, 6.07) is 9.89. The van der Waals surface area contributed by atoms with Gasteiger partial charge in [-0.15, -0.1) is 0 Å². The first-order valence-electron chi connectivity index (χ1n) is 5.39. The van der Waals surface area contributed by atoms with Gasteiger partial charge in [0.25, 0.3) is 0 Å². The monoisotopic (exact) mass is 404 g/mol. The molecule has 0 spiro atoms. The SMILES string of the molecule is O=C(Cc1cccc(Cl)c1F)c1cc(Br)cc(Br)c1. The van der Waals surface area contributed by atoms with Crippen LogP contribution in [0.1, 0.15) is 15.9 Å². The van der Waals surface area contributed by atoms with Crippen molar-refractivity contribution < 1.29 is 9.18 Å². The van der Waals surface area contributed by atoms with Gasteiger partial charge in [-0.3, -0.25) is 4.79 Å². The molecule has 0 saturated carbocycles. The van der Waals surface area contributed by atoms with Crippen LogP contribution in [0.15, 0.2) is 45.3 Å². The number of Topliss-reactive ketones (excluding diaryl/α,β-unsaturated/α-hetero) is 1. The molecule has 0 heterocycles. The zero-order valence-corrected chi connectivity index (χ0v) is 13.5. The smallest absolute Gasteiger partial charge is 0.167 e. The number of carbonyl (C=O) groups is 1. The van der Waals surface area contributed by atoms with E-state index >= 15 is 0 Å². The van der Waals surface area contributed by atoms with Crippen molar-refractivity contribution in [1.82, 2.24) is 0 Å². The first-order chi connectivity index (χ1) is 8.97. The Balaban J connectivity index is 2.28. The van der Waals surface area contributed by atoms with Crippen molar-refractivity contribution in [2.45, 2.75) is 6.42 Å². The highest BCUT2D eigenvalue weighted by molar-refractivity contribution is 9.11. The van der Waals surface area contributed by atoms with E-state index in [1.807, 2.05) is 6.07 Å². The summed E-state index contributed by atoms with van der Waals surface area (Å²) in [6.45, 7) is 0. The first kappa shape index (κ1) is 14.7. The fourth-order valence-electron chi connectivity index (χ4n) is 1.67. The maximum atomic E-state index is 13.7. The van der Waals surface area contributed by atoms with Crippen LogP contribution in [-0.2, 0) is 6.42 Å². The molecule has 0 N–H and O–H groups in total. The van der Waals surface area contributed by atoms with E-state index in [0.717, 1.165) is 8.95 Å². The van der Waals surface area contributed by atoms with Crippen LogP contribution in [0, 0.1) is 5.82 Å². The van der Waals surface area contributed by atoms with E-state index in [-0.39, 0.29) is 17.2 Å². The predicted octanol–water partition coefficient (Wildman–Crippen LogP) is 5.43. The van der Waals surface area contributed by atoms with Gasteiger partial charge in [0, 0.05) is 20.9 Å². The number of rotatable bonds is 3. The minimum absolute atomic E-state index is 0.0186. The summed E-state index contributed by atoms with van der Waals surface area (Å²) in [5.41, 5.74) is 0.814. The van der Waals surface area contributed by atoms with Crippen molar-refractivity contribution in [3.05, 3.63) is 67.3 Å². The van der Waals surface area contributed by atoms with Crippen LogP contribution in [0.5, 0.6) is 0 Å². The van der Waals surface area contributed by atoms with E-state index in [1.54, 1.807) is 24.3 Å². The van der Waals surface area contributed by atoms with Crippen LogP contribution < -0.4 is 0 Å². The molecule has 0 amide bonds. The van der Waals surface area contributed by atoms with Crippen LogP contribution in [-0.4, -0.2) is 5.78 Å². The third-order valence-corrected chi connectivity index (χ3v) is 3.77. The molecule has 0 atom stereocenters. The average Bonchev–Trinajstić information content (AvgIpc) is 2.33. The molecule has 0 saturated heterocycles. The molecular weight excluding hydrogens is 398 g/mol. The quantitative estimate of drug-likeness (QED) is 0.621. The topological polar surface area (TPSA) is 17.1 Å². The van der Waals surface area contributed by atoms with Gasteiger partial charge in [-0.2, -0.15) is 0 Å². The number of hydrogen-bond donors (Lipinski definition) is 0. The number of carbonyl (C=O) groups excluding carboxylic acids is 1. The highest BCUT2D eigenvalue weighted by Gasteiger charge is 2.13. The summed E-state index contributed by atoms with van der Waals surface area (Å²) >= 11 is 12.3. The molecule has 0 bridgehead atoms. The van der Waals surface area contributed by atoms with Gasteiger partial charge in [-0.1, -0.05) is 55.6 Å². The summed E-state index contributed by atoms with van der Waals surface area (Å²) in [4.78, 5) is 12.1. The fourth-order valence-corrected chi connectivity index (χ4v) is 3.16. The summed E-state index contributed by atoms with van der Waals surface area (Å²) in [5.74, 6) is -0.699. The van der Waals surface area contributed by atoms with Gasteiger partial charge in [0.05, 0.1) is 5.02 Å². The van der Waals surface area contributed by atoms with Crippen LogP contribution in [0.3, 0.4) is 0 Å². The van der Waals surface area contributed by atoms with Crippen molar-refractivity contribution in [1.29, 1.82) is 0 Å². The Morgan fingerprint density at radius 3 is 2.42 bits per heavy atom. The highest BCUT2D eigenvalue weighted by atomic mass is 79.9. The second-order valence-electron chi connectivity index (χ2n) is 3.97. The Morgan fingerprint density at radius 2 is 1.79 bits per heavy atom. The maximum absolute atomic E-state index is 13.7. The lowest BCUT2D eigenvalue weighted by molar-refractivity contribution is 0.0991. The molecule has 1 nitrogen and oxygen atoms in total. The van der Waals surface area contributed by atoms with E-state index in [9.17, 15) is 9.18 Å². The highest BCUT2D eigenvalue weighted by Crippen LogP contribution is 2.23. The number of halogens is 4. The molecule has 98 valence electrons. The summed E-state index contributed by atoms with van der Waals surface area (Å²) in [5, 5.41) is 0.0284. The minimum atomic E-state index is -0.536. The van der Waals surface area contributed by atoms with Gasteiger partial charge in [-0.25, -0.2) is 4.39 Å². The molecule has 2 aromatic carbocycles. The molecule has 0 radical (unpaired) electrons. The second-order valence-corrected chi connectivity index (χ2v) is 6.21. The van der Waals surface area contributed by atoms with Crippen LogP contribution in [0.2, 0.25) is 5.02 Å². The standard InChI is InChI=1S/C14H8Br2ClFO/c15-10-4-9(5-11(16)7-10)13(19)6-8-2-1-3-12(17)14(8)18/h1-5,7H,6H2. The van der Waals surface area contributed by atoms with Crippen molar-refractivity contribution >= 4 is 49.2 Å². The molecule has 5 heteroatoms. The molecule has 2 rings (SSSR count). The second kappa shape index (κ2) is 6.16. The van der Waals surface area contributed by atoms with Gasteiger partial charge >= 0.3 is 0 Å². The third kappa shape index (κ3) is 3.65. The molecule has 0 aromatic heterocycles. The lowest BCUT2D eigenvalue weighted by Gasteiger charge is -2.05. The fraction of sp³-hybridized carbons (Fsp3) is 0.0714. The molecule has 0 aliphatic heterocycles. The Labute approximate surface area is 132 Å².